The predicted molar refractivity (Wildman–Crippen MR) is 64.9 cm³/mol. The molecule has 1 saturated heterocycles. The minimum absolute atomic E-state index is 0.104. The van der Waals surface area contributed by atoms with Crippen LogP contribution >= 0.6 is 0 Å². The second-order valence-electron chi connectivity index (χ2n) is 6.01. The molecule has 2 N–H and O–H groups in total. The number of rotatable bonds is 5. The maximum absolute atomic E-state index is 6.06. The molecule has 0 aliphatic carbocycles. The van der Waals surface area contributed by atoms with E-state index in [0.717, 1.165) is 19.3 Å². The molecule has 1 aliphatic heterocycles. The molecule has 0 aromatic carbocycles. The Morgan fingerprint density at radius 1 is 1.40 bits per heavy atom. The zero-order valence-electron chi connectivity index (χ0n) is 10.8. The van der Waals surface area contributed by atoms with Gasteiger partial charge in [-0.15, -0.1) is 0 Å². The van der Waals surface area contributed by atoms with E-state index in [1.165, 1.54) is 12.8 Å². The van der Waals surface area contributed by atoms with Crippen molar-refractivity contribution in [2.75, 3.05) is 0 Å². The van der Waals surface area contributed by atoms with Crippen molar-refractivity contribution in [1.29, 1.82) is 0 Å². The van der Waals surface area contributed by atoms with Crippen LogP contribution < -0.4 is 5.73 Å². The van der Waals surface area contributed by atoms with E-state index in [4.69, 9.17) is 10.5 Å². The predicted octanol–water partition coefficient (Wildman–Crippen LogP) is 3.10. The van der Waals surface area contributed by atoms with Crippen LogP contribution in [0.25, 0.3) is 0 Å². The van der Waals surface area contributed by atoms with E-state index >= 15 is 0 Å². The molecule has 0 amide bonds. The van der Waals surface area contributed by atoms with Crippen LogP contribution in [0.2, 0.25) is 0 Å². The standard InChI is InChI=1S/C13H27NO/c1-10(2)9-11(14)5-6-12-7-8-13(3,4)15-12/h10-12H,5-9,14H2,1-4H3. The smallest absolute Gasteiger partial charge is 0.0631 e. The first-order valence-corrected chi connectivity index (χ1v) is 6.32. The van der Waals surface area contributed by atoms with Crippen molar-refractivity contribution in [3.8, 4) is 0 Å². The van der Waals surface area contributed by atoms with Crippen LogP contribution in [0.15, 0.2) is 0 Å². The van der Waals surface area contributed by atoms with Crippen LogP contribution in [0.5, 0.6) is 0 Å². The highest BCUT2D eigenvalue weighted by Gasteiger charge is 2.31. The minimum Gasteiger partial charge on any atom is -0.372 e. The van der Waals surface area contributed by atoms with E-state index < -0.39 is 0 Å². The van der Waals surface area contributed by atoms with Gasteiger partial charge in [0.1, 0.15) is 0 Å². The Labute approximate surface area is 94.6 Å². The molecular formula is C13H27NO. The normalized spacial score (nSPS) is 27.2. The van der Waals surface area contributed by atoms with Gasteiger partial charge in [-0.1, -0.05) is 13.8 Å². The van der Waals surface area contributed by atoms with Gasteiger partial charge in [0.05, 0.1) is 11.7 Å². The van der Waals surface area contributed by atoms with Crippen LogP contribution in [0, 0.1) is 5.92 Å². The third-order valence-electron chi connectivity index (χ3n) is 3.19. The molecule has 0 radical (unpaired) electrons. The molecule has 2 nitrogen and oxygen atoms in total. The first kappa shape index (κ1) is 13.0. The monoisotopic (exact) mass is 213 g/mol. The quantitative estimate of drug-likeness (QED) is 0.761. The van der Waals surface area contributed by atoms with Crippen molar-refractivity contribution in [1.82, 2.24) is 0 Å². The lowest BCUT2D eigenvalue weighted by Crippen LogP contribution is -2.25. The van der Waals surface area contributed by atoms with Crippen LogP contribution in [-0.4, -0.2) is 17.7 Å². The van der Waals surface area contributed by atoms with Crippen LogP contribution in [0.1, 0.15) is 59.8 Å². The Morgan fingerprint density at radius 2 is 2.07 bits per heavy atom. The summed E-state index contributed by atoms with van der Waals surface area (Å²) < 4.78 is 5.95. The average molecular weight is 213 g/mol. The molecule has 2 atom stereocenters. The Hall–Kier alpha value is -0.0800. The summed E-state index contributed by atoms with van der Waals surface area (Å²) in [6.07, 6.45) is 6.24. The fraction of sp³-hybridized carbons (Fsp3) is 1.00. The van der Waals surface area contributed by atoms with Crippen LogP contribution in [-0.2, 0) is 4.74 Å². The Kier molecular flexibility index (Phi) is 4.60. The lowest BCUT2D eigenvalue weighted by Gasteiger charge is -2.20. The van der Waals surface area contributed by atoms with E-state index in [1.807, 2.05) is 0 Å². The molecule has 0 saturated carbocycles. The molecule has 1 aliphatic rings. The Morgan fingerprint density at radius 3 is 2.53 bits per heavy atom. The van der Waals surface area contributed by atoms with Gasteiger partial charge in [0.15, 0.2) is 0 Å². The SMILES string of the molecule is CC(C)CC(N)CCC1CCC(C)(C)O1. The molecule has 0 spiro atoms. The maximum atomic E-state index is 6.06. The Bertz CT molecular complexity index is 189. The molecule has 0 aromatic rings. The molecule has 2 heteroatoms. The van der Waals surface area contributed by atoms with E-state index in [2.05, 4.69) is 27.7 Å². The van der Waals surface area contributed by atoms with E-state index in [0.29, 0.717) is 18.1 Å². The summed E-state index contributed by atoms with van der Waals surface area (Å²) in [6, 6.07) is 0.359. The second-order valence-corrected chi connectivity index (χ2v) is 6.01. The average Bonchev–Trinajstić information content (AvgIpc) is 2.41. The van der Waals surface area contributed by atoms with Crippen molar-refractivity contribution < 1.29 is 4.74 Å². The first-order chi connectivity index (χ1) is 6.89. The highest BCUT2D eigenvalue weighted by Crippen LogP contribution is 2.31. The highest BCUT2D eigenvalue weighted by molar-refractivity contribution is 4.81. The summed E-state index contributed by atoms with van der Waals surface area (Å²) in [5.74, 6) is 0.709. The van der Waals surface area contributed by atoms with E-state index in [-0.39, 0.29) is 5.60 Å². The Balaban J connectivity index is 2.15. The zero-order valence-corrected chi connectivity index (χ0v) is 10.8. The van der Waals surface area contributed by atoms with Crippen molar-refractivity contribution in [2.24, 2.45) is 11.7 Å². The maximum Gasteiger partial charge on any atom is 0.0631 e. The third-order valence-corrected chi connectivity index (χ3v) is 3.19. The summed E-state index contributed by atoms with van der Waals surface area (Å²) in [5, 5.41) is 0. The second kappa shape index (κ2) is 5.31. The number of ether oxygens (including phenoxy) is 1. The van der Waals surface area contributed by atoms with Crippen LogP contribution in [0.3, 0.4) is 0 Å². The van der Waals surface area contributed by atoms with Gasteiger partial charge in [-0.25, -0.2) is 0 Å². The highest BCUT2D eigenvalue weighted by atomic mass is 16.5. The topological polar surface area (TPSA) is 35.2 Å². The minimum atomic E-state index is 0.104. The molecule has 1 rings (SSSR count). The molecule has 0 bridgehead atoms. The van der Waals surface area contributed by atoms with Gasteiger partial charge in [-0.2, -0.15) is 0 Å². The first-order valence-electron chi connectivity index (χ1n) is 6.32. The van der Waals surface area contributed by atoms with Gasteiger partial charge >= 0.3 is 0 Å². The van der Waals surface area contributed by atoms with Gasteiger partial charge in [0, 0.05) is 6.04 Å². The number of hydrogen-bond acceptors (Lipinski definition) is 2. The summed E-state index contributed by atoms with van der Waals surface area (Å²) in [4.78, 5) is 0. The van der Waals surface area contributed by atoms with Crippen molar-refractivity contribution in [3.05, 3.63) is 0 Å². The fourth-order valence-electron chi connectivity index (χ4n) is 2.40. The zero-order chi connectivity index (χ0) is 11.5. The summed E-state index contributed by atoms with van der Waals surface area (Å²) in [6.45, 7) is 8.83. The largest absolute Gasteiger partial charge is 0.372 e. The number of nitrogens with two attached hydrogens (primary N) is 1. The van der Waals surface area contributed by atoms with Crippen molar-refractivity contribution in [2.45, 2.75) is 77.5 Å². The van der Waals surface area contributed by atoms with Crippen molar-refractivity contribution in [3.63, 3.8) is 0 Å². The third kappa shape index (κ3) is 4.98. The van der Waals surface area contributed by atoms with Crippen LogP contribution in [0.4, 0.5) is 0 Å². The van der Waals surface area contributed by atoms with Crippen molar-refractivity contribution >= 4 is 0 Å². The van der Waals surface area contributed by atoms with E-state index in [9.17, 15) is 0 Å². The lowest BCUT2D eigenvalue weighted by molar-refractivity contribution is -0.0196. The van der Waals surface area contributed by atoms with Gasteiger partial charge in [-0.05, 0) is 51.9 Å². The summed E-state index contributed by atoms with van der Waals surface area (Å²) >= 11 is 0. The van der Waals surface area contributed by atoms with Gasteiger partial charge in [0.2, 0.25) is 0 Å². The summed E-state index contributed by atoms with van der Waals surface area (Å²) in [7, 11) is 0. The molecule has 1 heterocycles. The molecular weight excluding hydrogens is 186 g/mol. The summed E-state index contributed by atoms with van der Waals surface area (Å²) in [5.41, 5.74) is 6.17. The molecule has 90 valence electrons. The van der Waals surface area contributed by atoms with Gasteiger partial charge in [0.25, 0.3) is 0 Å². The fourth-order valence-corrected chi connectivity index (χ4v) is 2.40. The molecule has 1 fully saturated rings. The molecule has 2 unspecified atom stereocenters. The van der Waals surface area contributed by atoms with E-state index in [1.54, 1.807) is 0 Å². The molecule has 0 aromatic heterocycles. The number of hydrogen-bond donors (Lipinski definition) is 1. The van der Waals surface area contributed by atoms with Gasteiger partial charge in [-0.3, -0.25) is 0 Å². The van der Waals surface area contributed by atoms with Gasteiger partial charge < -0.3 is 10.5 Å². The molecule has 15 heavy (non-hydrogen) atoms. The lowest BCUT2D eigenvalue weighted by atomic mass is 9.98.